The first-order valence-electron chi connectivity index (χ1n) is 8.53. The van der Waals surface area contributed by atoms with Crippen molar-refractivity contribution < 1.29 is 19.6 Å². The molecular formula is C19H19N3O5. The van der Waals surface area contributed by atoms with Gasteiger partial charge in [-0.15, -0.1) is 0 Å². The van der Waals surface area contributed by atoms with Crippen molar-refractivity contribution in [3.05, 3.63) is 69.8 Å². The minimum atomic E-state index is -1.27. The van der Waals surface area contributed by atoms with Crippen molar-refractivity contribution in [1.82, 2.24) is 5.32 Å². The molecule has 140 valence electrons. The molecule has 0 bridgehead atoms. The molecule has 0 saturated heterocycles. The number of carbonyl (C=O) groups excluding carboxylic acids is 1. The summed E-state index contributed by atoms with van der Waals surface area (Å²) in [5.41, 5.74) is -0.203. The summed E-state index contributed by atoms with van der Waals surface area (Å²) in [5, 5.41) is 26.2. The molecule has 27 heavy (non-hydrogen) atoms. The van der Waals surface area contributed by atoms with Crippen molar-refractivity contribution in [2.75, 3.05) is 5.32 Å². The number of benzene rings is 2. The van der Waals surface area contributed by atoms with Gasteiger partial charge in [0.1, 0.15) is 11.2 Å². The van der Waals surface area contributed by atoms with Crippen molar-refractivity contribution in [2.24, 2.45) is 0 Å². The third kappa shape index (κ3) is 3.89. The Labute approximate surface area is 155 Å². The number of anilines is 1. The van der Waals surface area contributed by atoms with Gasteiger partial charge in [0.05, 0.1) is 4.92 Å². The Hall–Kier alpha value is -3.42. The highest BCUT2D eigenvalue weighted by molar-refractivity contribution is 5.99. The van der Waals surface area contributed by atoms with Crippen LogP contribution in [0.25, 0.3) is 0 Å². The van der Waals surface area contributed by atoms with E-state index in [1.165, 1.54) is 12.1 Å². The molecule has 3 N–H and O–H groups in total. The molecule has 1 aliphatic rings. The van der Waals surface area contributed by atoms with Crippen molar-refractivity contribution in [3.63, 3.8) is 0 Å². The van der Waals surface area contributed by atoms with Crippen LogP contribution in [0.3, 0.4) is 0 Å². The third-order valence-corrected chi connectivity index (χ3v) is 4.75. The van der Waals surface area contributed by atoms with E-state index in [4.69, 9.17) is 0 Å². The highest BCUT2D eigenvalue weighted by Crippen LogP contribution is 2.33. The molecule has 0 spiro atoms. The van der Waals surface area contributed by atoms with Gasteiger partial charge >= 0.3 is 5.97 Å². The highest BCUT2D eigenvalue weighted by Gasteiger charge is 2.45. The fraction of sp³-hybridized carbons (Fsp3) is 0.263. The number of aliphatic carboxylic acids is 1. The molecule has 1 aliphatic carbocycles. The van der Waals surface area contributed by atoms with Crippen LogP contribution in [-0.4, -0.2) is 27.4 Å². The second-order valence-corrected chi connectivity index (χ2v) is 6.52. The molecule has 1 fully saturated rings. The molecular weight excluding hydrogens is 350 g/mol. The largest absolute Gasteiger partial charge is 0.480 e. The van der Waals surface area contributed by atoms with Crippen LogP contribution in [0.2, 0.25) is 0 Å². The summed E-state index contributed by atoms with van der Waals surface area (Å²) in [6, 6.07) is 13.5. The van der Waals surface area contributed by atoms with E-state index in [0.717, 1.165) is 18.1 Å². The lowest BCUT2D eigenvalue weighted by Crippen LogP contribution is -2.59. The van der Waals surface area contributed by atoms with E-state index in [-0.39, 0.29) is 16.9 Å². The number of nitro benzene ring substituents is 1. The topological polar surface area (TPSA) is 122 Å². The zero-order chi connectivity index (χ0) is 19.4. The molecule has 2 aromatic rings. The first kappa shape index (κ1) is 18.4. The molecule has 1 amide bonds. The zero-order valence-corrected chi connectivity index (χ0v) is 14.5. The van der Waals surface area contributed by atoms with Crippen LogP contribution < -0.4 is 10.6 Å². The Morgan fingerprint density at radius 2 is 1.85 bits per heavy atom. The Balaban J connectivity index is 1.77. The fourth-order valence-electron chi connectivity index (χ4n) is 2.98. The molecule has 0 atom stereocenters. The molecule has 0 unspecified atom stereocenters. The predicted octanol–water partition coefficient (Wildman–Crippen LogP) is 2.94. The first-order chi connectivity index (χ1) is 12.9. The highest BCUT2D eigenvalue weighted by atomic mass is 16.6. The maximum atomic E-state index is 12.4. The third-order valence-electron chi connectivity index (χ3n) is 4.75. The van der Waals surface area contributed by atoms with E-state index in [1.807, 2.05) is 30.3 Å². The first-order valence-corrected chi connectivity index (χ1v) is 8.53. The summed E-state index contributed by atoms with van der Waals surface area (Å²) in [6.07, 6.45) is 1.43. The van der Waals surface area contributed by atoms with E-state index in [1.54, 1.807) is 0 Å². The minimum Gasteiger partial charge on any atom is -0.480 e. The normalized spacial score (nSPS) is 14.7. The smallest absolute Gasteiger partial charge is 0.329 e. The van der Waals surface area contributed by atoms with Crippen molar-refractivity contribution >= 4 is 23.3 Å². The quantitative estimate of drug-likeness (QED) is 0.509. The SMILES string of the molecule is O=C(NC1(C(=O)O)CCC1)c1ccc(NCc2ccccc2)c([N+](=O)[O-])c1. The summed E-state index contributed by atoms with van der Waals surface area (Å²) in [5.74, 6) is -1.72. The van der Waals surface area contributed by atoms with Gasteiger partial charge < -0.3 is 15.7 Å². The van der Waals surface area contributed by atoms with Crippen LogP contribution in [0, 0.1) is 10.1 Å². The molecule has 0 radical (unpaired) electrons. The average Bonchev–Trinajstić information content (AvgIpc) is 2.63. The number of rotatable bonds is 7. The van der Waals surface area contributed by atoms with Gasteiger partial charge in [-0.1, -0.05) is 30.3 Å². The predicted molar refractivity (Wildman–Crippen MR) is 98.5 cm³/mol. The lowest BCUT2D eigenvalue weighted by molar-refractivity contribution is -0.384. The monoisotopic (exact) mass is 369 g/mol. The molecule has 0 aliphatic heterocycles. The number of amides is 1. The van der Waals surface area contributed by atoms with Gasteiger partial charge in [0.2, 0.25) is 0 Å². The number of carboxylic acids is 1. The second kappa shape index (κ2) is 7.45. The molecule has 8 nitrogen and oxygen atoms in total. The number of hydrogen-bond acceptors (Lipinski definition) is 5. The number of nitrogens with zero attached hydrogens (tertiary/aromatic N) is 1. The van der Waals surface area contributed by atoms with Crippen LogP contribution in [0.1, 0.15) is 35.2 Å². The fourth-order valence-corrected chi connectivity index (χ4v) is 2.98. The summed E-state index contributed by atoms with van der Waals surface area (Å²) in [7, 11) is 0. The molecule has 3 rings (SSSR count). The molecule has 0 aromatic heterocycles. The van der Waals surface area contributed by atoms with Gasteiger partial charge in [0.25, 0.3) is 11.6 Å². The summed E-state index contributed by atoms with van der Waals surface area (Å²) in [6.45, 7) is 0.398. The van der Waals surface area contributed by atoms with Crippen molar-refractivity contribution in [2.45, 2.75) is 31.3 Å². The van der Waals surface area contributed by atoms with Crippen molar-refractivity contribution in [3.8, 4) is 0 Å². The number of carboxylic acid groups (broad SMARTS) is 1. The van der Waals surface area contributed by atoms with E-state index in [9.17, 15) is 24.8 Å². The maximum absolute atomic E-state index is 12.4. The van der Waals surface area contributed by atoms with Gasteiger partial charge in [-0.05, 0) is 37.0 Å². The Kier molecular flexibility index (Phi) is 5.07. The van der Waals surface area contributed by atoms with E-state index < -0.39 is 22.3 Å². The molecule has 0 heterocycles. The van der Waals surface area contributed by atoms with Crippen molar-refractivity contribution in [1.29, 1.82) is 0 Å². The van der Waals surface area contributed by atoms with Gasteiger partial charge in [0.15, 0.2) is 0 Å². The number of nitrogens with one attached hydrogen (secondary N) is 2. The number of hydrogen-bond donors (Lipinski definition) is 3. The van der Waals surface area contributed by atoms with E-state index in [0.29, 0.717) is 19.4 Å². The van der Waals surface area contributed by atoms with Crippen LogP contribution in [0.15, 0.2) is 48.5 Å². The van der Waals surface area contributed by atoms with Crippen LogP contribution in [0.5, 0.6) is 0 Å². The van der Waals surface area contributed by atoms with Crippen LogP contribution in [0.4, 0.5) is 11.4 Å². The molecule has 8 heteroatoms. The second-order valence-electron chi connectivity index (χ2n) is 6.52. The Bertz CT molecular complexity index is 878. The lowest BCUT2D eigenvalue weighted by Gasteiger charge is -2.38. The standard InChI is InChI=1S/C19H19N3O5/c23-17(21-19(18(24)25)9-4-10-19)14-7-8-15(16(11-14)22(26)27)20-12-13-5-2-1-3-6-13/h1-3,5-8,11,20H,4,9-10,12H2,(H,21,23)(H,24,25). The number of nitro groups is 1. The Morgan fingerprint density at radius 3 is 2.41 bits per heavy atom. The van der Waals surface area contributed by atoms with Gasteiger partial charge in [-0.2, -0.15) is 0 Å². The van der Waals surface area contributed by atoms with Gasteiger partial charge in [-0.3, -0.25) is 14.9 Å². The van der Waals surface area contributed by atoms with Gasteiger partial charge in [-0.25, -0.2) is 4.79 Å². The van der Waals surface area contributed by atoms with Crippen LogP contribution >= 0.6 is 0 Å². The van der Waals surface area contributed by atoms with E-state index >= 15 is 0 Å². The molecule has 2 aromatic carbocycles. The van der Waals surface area contributed by atoms with Gasteiger partial charge in [0, 0.05) is 18.2 Å². The number of carbonyl (C=O) groups is 2. The summed E-state index contributed by atoms with van der Waals surface area (Å²) in [4.78, 5) is 34.6. The zero-order valence-electron chi connectivity index (χ0n) is 14.5. The van der Waals surface area contributed by atoms with Crippen LogP contribution in [-0.2, 0) is 11.3 Å². The summed E-state index contributed by atoms with van der Waals surface area (Å²) >= 11 is 0. The average molecular weight is 369 g/mol. The Morgan fingerprint density at radius 1 is 1.15 bits per heavy atom. The summed E-state index contributed by atoms with van der Waals surface area (Å²) < 4.78 is 0. The molecule has 1 saturated carbocycles. The maximum Gasteiger partial charge on any atom is 0.329 e. The minimum absolute atomic E-state index is 0.0551. The van der Waals surface area contributed by atoms with E-state index in [2.05, 4.69) is 10.6 Å². The lowest BCUT2D eigenvalue weighted by atomic mass is 9.76.